The maximum Gasteiger partial charge on any atom is 0.475 e. The number of halogens is 4. The Morgan fingerprint density at radius 2 is 1.80 bits per heavy atom. The molecule has 2 rings (SSSR count). The summed E-state index contributed by atoms with van der Waals surface area (Å²) in [4.78, 5) is 13.1. The van der Waals surface area contributed by atoms with E-state index in [2.05, 4.69) is 9.98 Å². The van der Waals surface area contributed by atoms with Gasteiger partial charge in [0.15, 0.2) is 16.5 Å². The molecule has 1 atom stereocenters. The van der Waals surface area contributed by atoms with Crippen molar-refractivity contribution in [3.8, 4) is 0 Å². The van der Waals surface area contributed by atoms with Gasteiger partial charge in [-0.15, -0.1) is 17.0 Å². The van der Waals surface area contributed by atoms with Crippen LogP contribution in [0.5, 0.6) is 0 Å². The molecule has 0 aliphatic carbocycles. The molecule has 140 valence electrons. The summed E-state index contributed by atoms with van der Waals surface area (Å²) in [7, 11) is -3.06. The van der Waals surface area contributed by atoms with Gasteiger partial charge in [-0.05, 0) is 31.5 Å². The van der Waals surface area contributed by atoms with Gasteiger partial charge < -0.3 is 11.5 Å². The van der Waals surface area contributed by atoms with E-state index < -0.39 is 22.0 Å². The third-order valence-corrected chi connectivity index (χ3v) is 4.15. The zero-order chi connectivity index (χ0) is 18.1. The molecule has 0 saturated heterocycles. The van der Waals surface area contributed by atoms with E-state index in [1.54, 1.807) is 13.8 Å². The second kappa shape index (κ2) is 7.70. The number of nitrogens with zero attached hydrogens (tertiary/aromatic N) is 3. The van der Waals surface area contributed by atoms with Crippen LogP contribution in [0, 0.1) is 0 Å². The third kappa shape index (κ3) is 5.16. The molecule has 0 spiro atoms. The van der Waals surface area contributed by atoms with Crippen LogP contribution in [0.15, 0.2) is 39.1 Å². The number of alkyl halides is 3. The van der Waals surface area contributed by atoms with Crippen LogP contribution in [0.3, 0.4) is 0 Å². The highest BCUT2D eigenvalue weighted by molar-refractivity contribution is 8.93. The summed E-state index contributed by atoms with van der Waals surface area (Å²) < 4.78 is 48.4. The molecule has 0 aromatic heterocycles. The molecule has 4 N–H and O–H groups in total. The summed E-state index contributed by atoms with van der Waals surface area (Å²) >= 11 is 0. The van der Waals surface area contributed by atoms with E-state index in [4.69, 9.17) is 16.3 Å². The Morgan fingerprint density at radius 1 is 1.24 bits per heavy atom. The van der Waals surface area contributed by atoms with Crippen LogP contribution in [0.1, 0.15) is 19.4 Å². The minimum Gasteiger partial charge on any atom is -0.368 e. The number of hydrogen-bond acceptors (Lipinski definition) is 7. The van der Waals surface area contributed by atoms with Crippen LogP contribution in [0.4, 0.5) is 13.2 Å². The molecule has 12 heteroatoms. The fraction of sp³-hybridized carbons (Fsp3) is 0.385. The van der Waals surface area contributed by atoms with Gasteiger partial charge in [0.05, 0.1) is 0 Å². The van der Waals surface area contributed by atoms with E-state index in [-0.39, 0.29) is 40.4 Å². The van der Waals surface area contributed by atoms with Crippen molar-refractivity contribution in [3.05, 3.63) is 29.8 Å². The zero-order valence-electron chi connectivity index (χ0n) is 13.3. The number of nitrogens with two attached hydrogens (primary N) is 2. The van der Waals surface area contributed by atoms with Crippen molar-refractivity contribution in [3.63, 3.8) is 0 Å². The molecular weight excluding hydrogens is 427 g/mol. The van der Waals surface area contributed by atoms with Gasteiger partial charge in [-0.25, -0.2) is 9.20 Å². The van der Waals surface area contributed by atoms with Gasteiger partial charge in [0.1, 0.15) is 6.61 Å². The molecule has 0 bridgehead atoms. The van der Waals surface area contributed by atoms with Crippen LogP contribution < -0.4 is 11.5 Å². The summed E-state index contributed by atoms with van der Waals surface area (Å²) in [6, 6.07) is 5.05. The lowest BCUT2D eigenvalue weighted by atomic mass is 10.2. The van der Waals surface area contributed by atoms with Crippen molar-refractivity contribution in [1.82, 2.24) is 5.06 Å². The fourth-order valence-corrected chi connectivity index (χ4v) is 2.65. The molecular formula is C13H17BrF3N5O2S. The molecule has 1 aromatic rings. The van der Waals surface area contributed by atoms with E-state index in [1.807, 2.05) is 0 Å². The maximum absolute atomic E-state index is 12.4. The molecule has 1 aliphatic heterocycles. The first-order valence-corrected chi connectivity index (χ1v) is 7.86. The van der Waals surface area contributed by atoms with Gasteiger partial charge in [0.2, 0.25) is 11.9 Å². The SMILES string of the molecule is Br.CC1(C)N=C(N)N=C(N)N1OCc1ccc(S(=O)C(F)(F)F)cc1. The monoisotopic (exact) mass is 443 g/mol. The fourth-order valence-electron chi connectivity index (χ4n) is 2.00. The summed E-state index contributed by atoms with van der Waals surface area (Å²) in [5.41, 5.74) is 6.16. The van der Waals surface area contributed by atoms with Crippen LogP contribution in [-0.4, -0.2) is 32.4 Å². The second-order valence-electron chi connectivity index (χ2n) is 5.36. The molecule has 1 heterocycles. The lowest BCUT2D eigenvalue weighted by molar-refractivity contribution is -0.166. The topological polar surface area (TPSA) is 106 Å². The number of hydrogen-bond donors (Lipinski definition) is 2. The Balaban J connectivity index is 0.00000312. The highest BCUT2D eigenvalue weighted by Crippen LogP contribution is 2.26. The molecule has 1 unspecified atom stereocenters. The number of hydroxylamine groups is 2. The van der Waals surface area contributed by atoms with Crippen molar-refractivity contribution in [2.45, 2.75) is 36.5 Å². The minimum absolute atomic E-state index is 0. The summed E-state index contributed by atoms with van der Waals surface area (Å²) in [5, 5.41) is 1.26. The van der Waals surface area contributed by atoms with Gasteiger partial charge in [0, 0.05) is 4.90 Å². The van der Waals surface area contributed by atoms with Gasteiger partial charge in [-0.3, -0.25) is 4.84 Å². The first-order valence-electron chi connectivity index (χ1n) is 6.71. The van der Waals surface area contributed by atoms with Gasteiger partial charge in [-0.1, -0.05) is 12.1 Å². The Labute approximate surface area is 155 Å². The van der Waals surface area contributed by atoms with E-state index in [9.17, 15) is 17.4 Å². The van der Waals surface area contributed by atoms with Crippen molar-refractivity contribution >= 4 is 39.7 Å². The lowest BCUT2D eigenvalue weighted by Gasteiger charge is -2.36. The van der Waals surface area contributed by atoms with Crippen molar-refractivity contribution in [1.29, 1.82) is 0 Å². The molecule has 1 aliphatic rings. The standard InChI is InChI=1S/C13H16F3N5O2S.BrH/c1-12(2)20-10(17)19-11(18)21(12)23-7-8-3-5-9(6-4-8)24(22)13(14,15)16;/h3-6H,7H2,1-2H3,(H4,17,18,19,20);1H. The van der Waals surface area contributed by atoms with Crippen molar-refractivity contribution in [2.75, 3.05) is 0 Å². The molecule has 25 heavy (non-hydrogen) atoms. The molecule has 1 aromatic carbocycles. The Kier molecular flexibility index (Phi) is 6.59. The normalized spacial score (nSPS) is 18.0. The average Bonchev–Trinajstić information content (AvgIpc) is 2.44. The lowest BCUT2D eigenvalue weighted by Crippen LogP contribution is -2.53. The number of rotatable bonds is 4. The van der Waals surface area contributed by atoms with Crippen LogP contribution in [-0.2, 0) is 22.2 Å². The summed E-state index contributed by atoms with van der Waals surface area (Å²) in [6.07, 6.45) is 0. The molecule has 0 amide bonds. The first-order chi connectivity index (χ1) is 11.0. The van der Waals surface area contributed by atoms with Crippen LogP contribution >= 0.6 is 17.0 Å². The number of aliphatic imine (C=N–C) groups is 2. The minimum atomic E-state index is -4.79. The van der Waals surface area contributed by atoms with Crippen LogP contribution in [0.25, 0.3) is 0 Å². The average molecular weight is 444 g/mol. The molecule has 0 saturated carbocycles. The molecule has 0 radical (unpaired) electrons. The number of guanidine groups is 2. The van der Waals surface area contributed by atoms with E-state index in [1.165, 1.54) is 17.2 Å². The smallest absolute Gasteiger partial charge is 0.368 e. The Morgan fingerprint density at radius 3 is 2.28 bits per heavy atom. The van der Waals surface area contributed by atoms with Crippen molar-refractivity contribution in [2.24, 2.45) is 21.5 Å². The first kappa shape index (κ1) is 21.4. The zero-order valence-corrected chi connectivity index (χ0v) is 15.8. The largest absolute Gasteiger partial charge is 0.475 e. The second-order valence-corrected chi connectivity index (χ2v) is 6.83. The Bertz CT molecular complexity index is 707. The molecule has 7 nitrogen and oxygen atoms in total. The molecule has 0 fully saturated rings. The van der Waals surface area contributed by atoms with E-state index in [0.717, 1.165) is 12.1 Å². The third-order valence-electron chi connectivity index (χ3n) is 3.03. The Hall–Kier alpha value is -1.66. The van der Waals surface area contributed by atoms with Crippen LogP contribution in [0.2, 0.25) is 0 Å². The highest BCUT2D eigenvalue weighted by Gasteiger charge is 2.38. The van der Waals surface area contributed by atoms with E-state index in [0.29, 0.717) is 5.56 Å². The van der Waals surface area contributed by atoms with Gasteiger partial charge in [0.25, 0.3) is 0 Å². The quantitative estimate of drug-likeness (QED) is 0.739. The van der Waals surface area contributed by atoms with Gasteiger partial charge >= 0.3 is 5.51 Å². The highest BCUT2D eigenvalue weighted by atomic mass is 79.9. The predicted octanol–water partition coefficient (Wildman–Crippen LogP) is 2.00. The van der Waals surface area contributed by atoms with Crippen molar-refractivity contribution < 1.29 is 22.2 Å². The summed E-state index contributed by atoms with van der Waals surface area (Å²) in [5.74, 6) is 0.0404. The summed E-state index contributed by atoms with van der Waals surface area (Å²) in [6.45, 7) is 3.42. The maximum atomic E-state index is 12.4. The van der Waals surface area contributed by atoms with E-state index >= 15 is 0 Å². The number of benzene rings is 1. The van der Waals surface area contributed by atoms with Gasteiger partial charge in [-0.2, -0.15) is 23.2 Å². The predicted molar refractivity (Wildman–Crippen MR) is 93.2 cm³/mol.